The first kappa shape index (κ1) is 54.3. The lowest BCUT2D eigenvalue weighted by Gasteiger charge is -2.25. The van der Waals surface area contributed by atoms with Crippen LogP contribution in [-0.4, -0.2) is 132 Å². The molecule has 21 nitrogen and oxygen atoms in total. The second kappa shape index (κ2) is 29.5. The molecule has 0 fully saturated rings. The molecule has 0 radical (unpaired) electrons. The summed E-state index contributed by atoms with van der Waals surface area (Å²) in [7, 11) is 0. The van der Waals surface area contributed by atoms with E-state index in [1.54, 1.807) is 77.7 Å². The minimum absolute atomic E-state index is 0.0591. The molecule has 24 heteroatoms. The second-order valence-corrected chi connectivity index (χ2v) is 15.4. The van der Waals surface area contributed by atoms with Crippen LogP contribution in [0.2, 0.25) is 15.1 Å². The van der Waals surface area contributed by atoms with E-state index in [1.807, 2.05) is 4.90 Å². The number of aliphatic hydroxyl groups is 6. The number of nitrogens with two attached hydrogens (primary N) is 3. The van der Waals surface area contributed by atoms with E-state index in [0.717, 1.165) is 0 Å². The summed E-state index contributed by atoms with van der Waals surface area (Å²) in [4.78, 5) is 27.9. The molecular formula is C44H55Cl3N12O9. The molecule has 0 aliphatic carbocycles. The number of ether oxygens (including phenoxy) is 3. The molecule has 0 bridgehead atoms. The maximum Gasteiger partial charge on any atom is 0.222 e. The molecule has 0 aliphatic heterocycles. The van der Waals surface area contributed by atoms with Crippen molar-refractivity contribution in [2.45, 2.75) is 25.4 Å². The topological polar surface area (TPSA) is 323 Å². The highest BCUT2D eigenvalue weighted by Crippen LogP contribution is 2.33. The number of rotatable bonds is 23. The van der Waals surface area contributed by atoms with Crippen LogP contribution >= 0.6 is 34.8 Å². The van der Waals surface area contributed by atoms with Crippen LogP contribution in [0, 0.1) is 0 Å². The number of hydrogen-bond acceptors (Lipinski definition) is 21. The van der Waals surface area contributed by atoms with Crippen LogP contribution in [0.1, 0.15) is 19.3 Å². The van der Waals surface area contributed by atoms with Crippen LogP contribution in [0.15, 0.2) is 91.4 Å². The number of halogens is 3. The first-order valence-electron chi connectivity index (χ1n) is 21.0. The first-order valence-corrected chi connectivity index (χ1v) is 22.1. The smallest absolute Gasteiger partial charge is 0.222 e. The molecule has 1 atom stereocenters. The minimum Gasteiger partial charge on any atom is -0.452 e. The monoisotopic (exact) mass is 1000 g/mol. The summed E-state index contributed by atoms with van der Waals surface area (Å²) in [5, 5.41) is 59.4. The van der Waals surface area contributed by atoms with Gasteiger partial charge in [0.25, 0.3) is 0 Å². The normalized spacial score (nSPS) is 11.0. The predicted octanol–water partition coefficient (Wildman–Crippen LogP) is 5.03. The zero-order chi connectivity index (χ0) is 49.3. The first-order chi connectivity index (χ1) is 32.8. The van der Waals surface area contributed by atoms with Crippen LogP contribution in [0.4, 0.5) is 35.3 Å². The van der Waals surface area contributed by atoms with E-state index in [9.17, 15) is 5.11 Å². The number of anilines is 6. The Labute approximate surface area is 407 Å². The van der Waals surface area contributed by atoms with Gasteiger partial charge in [-0.2, -0.15) is 15.0 Å². The number of hydrogen-bond donors (Lipinski definition) is 10. The molecule has 0 aliphatic rings. The molecule has 1 unspecified atom stereocenters. The van der Waals surface area contributed by atoms with E-state index < -0.39 is 6.10 Å². The van der Waals surface area contributed by atoms with Gasteiger partial charge in [-0.1, -0.05) is 34.8 Å². The average Bonchev–Trinajstić information content (AvgIpc) is 3.33. The van der Waals surface area contributed by atoms with Crippen LogP contribution in [0.25, 0.3) is 0 Å². The molecule has 0 amide bonds. The van der Waals surface area contributed by atoms with Gasteiger partial charge in [0.05, 0.1) is 44.5 Å². The Hall–Kier alpha value is -6.27. The summed E-state index contributed by atoms with van der Waals surface area (Å²) < 4.78 is 17.3. The SMILES string of the molecule is Nc1ncc(Oc2ccc(Cl)cc2)c(N(CCCO)CCCO)n1.Nc1ncc(Oc2ccc(Cl)cc2)c(N(CCO)CCO)n1.Nc1ncc(Oc2ccc(Cl)cc2)c(NCCC(O)CO)n1. The van der Waals surface area contributed by atoms with Crippen molar-refractivity contribution in [2.24, 2.45) is 0 Å². The van der Waals surface area contributed by atoms with Crippen molar-refractivity contribution in [3.05, 3.63) is 106 Å². The van der Waals surface area contributed by atoms with Crippen molar-refractivity contribution >= 4 is 70.1 Å². The van der Waals surface area contributed by atoms with Crippen molar-refractivity contribution in [1.29, 1.82) is 0 Å². The van der Waals surface area contributed by atoms with E-state index in [1.165, 1.54) is 18.6 Å². The van der Waals surface area contributed by atoms with Crippen molar-refractivity contribution < 1.29 is 44.8 Å². The fraction of sp³-hybridized carbons (Fsp3) is 0.318. The number of aromatic nitrogens is 6. The number of aliphatic hydroxyl groups excluding tert-OH is 6. The molecule has 366 valence electrons. The molecule has 13 N–H and O–H groups in total. The van der Waals surface area contributed by atoms with Crippen LogP contribution < -0.4 is 46.5 Å². The molecular weight excluding hydrogens is 947 g/mol. The van der Waals surface area contributed by atoms with E-state index >= 15 is 0 Å². The molecule has 3 aromatic carbocycles. The Balaban J connectivity index is 0.000000223. The van der Waals surface area contributed by atoms with Crippen LogP contribution in [0.5, 0.6) is 34.5 Å². The maximum absolute atomic E-state index is 9.33. The van der Waals surface area contributed by atoms with Gasteiger partial charge in [-0.25, -0.2) is 15.0 Å². The molecule has 6 aromatic rings. The van der Waals surface area contributed by atoms with Gasteiger partial charge in [0.15, 0.2) is 34.7 Å². The highest BCUT2D eigenvalue weighted by Gasteiger charge is 2.18. The summed E-state index contributed by atoms with van der Waals surface area (Å²) in [5.41, 5.74) is 16.9. The standard InChI is InChI=1S/C16H21ClN4O3.2C14H17ClN4O3/c17-12-3-5-13(6-4-12)24-14-11-19-16(18)20-15(14)21(7-1-9-22)8-2-10-23;15-10-1-3-11(4-2-10)22-12-9-17-14(16)18-13(12)19(5-7-20)6-8-21;15-9-1-3-11(4-2-9)22-12-7-18-14(16)19-13(12)17-6-5-10(21)8-20/h3-6,11,22-23H,1-2,7-10H2,(H2,18,19,20);1-4,9,20-21H,5-8H2,(H2,16,17,18);1-4,7,10,20-21H,5-6,8H2,(H3,16,17,18,19). The van der Waals surface area contributed by atoms with E-state index in [0.29, 0.717) is 106 Å². The number of benzene rings is 3. The summed E-state index contributed by atoms with van der Waals surface area (Å²) in [6, 6.07) is 20.6. The number of nitrogens with one attached hydrogen (secondary N) is 1. The quantitative estimate of drug-likeness (QED) is 0.0402. The van der Waals surface area contributed by atoms with Gasteiger partial charge in [0.1, 0.15) is 17.2 Å². The van der Waals surface area contributed by atoms with Crippen molar-refractivity contribution in [3.8, 4) is 34.5 Å². The lowest BCUT2D eigenvalue weighted by atomic mass is 10.2. The molecule has 3 aromatic heterocycles. The molecule has 3 heterocycles. The van der Waals surface area contributed by atoms with E-state index in [-0.39, 0.29) is 64.0 Å². The molecule has 0 spiro atoms. The third-order valence-corrected chi connectivity index (χ3v) is 9.66. The van der Waals surface area contributed by atoms with Gasteiger partial charge in [-0.3, -0.25) is 0 Å². The minimum atomic E-state index is -0.785. The van der Waals surface area contributed by atoms with Crippen molar-refractivity contribution in [2.75, 3.05) is 98.1 Å². The van der Waals surface area contributed by atoms with Crippen LogP contribution in [-0.2, 0) is 0 Å². The van der Waals surface area contributed by atoms with Crippen molar-refractivity contribution in [1.82, 2.24) is 29.9 Å². The Morgan fingerprint density at radius 1 is 0.515 bits per heavy atom. The third-order valence-electron chi connectivity index (χ3n) is 8.90. The molecule has 0 saturated carbocycles. The number of nitrogens with zero attached hydrogens (tertiary/aromatic N) is 8. The molecule has 6 rings (SSSR count). The van der Waals surface area contributed by atoms with Gasteiger partial charge in [0, 0.05) is 61.0 Å². The Kier molecular flexibility index (Phi) is 23.6. The van der Waals surface area contributed by atoms with Gasteiger partial charge < -0.3 is 77.2 Å². The highest BCUT2D eigenvalue weighted by molar-refractivity contribution is 6.31. The Bertz CT molecular complexity index is 2370. The lowest BCUT2D eigenvalue weighted by molar-refractivity contribution is 0.0911. The van der Waals surface area contributed by atoms with Crippen molar-refractivity contribution in [3.63, 3.8) is 0 Å². The number of nitrogen functional groups attached to an aromatic ring is 3. The van der Waals surface area contributed by atoms with Gasteiger partial charge >= 0.3 is 0 Å². The zero-order valence-corrected chi connectivity index (χ0v) is 39.0. The molecule has 0 saturated heterocycles. The fourth-order valence-electron chi connectivity index (χ4n) is 5.68. The fourth-order valence-corrected chi connectivity index (χ4v) is 6.06. The second-order valence-electron chi connectivity index (χ2n) is 14.1. The van der Waals surface area contributed by atoms with Gasteiger partial charge in [-0.05, 0) is 92.1 Å². The average molecular weight is 1000 g/mol. The Morgan fingerprint density at radius 3 is 1.26 bits per heavy atom. The summed E-state index contributed by atoms with van der Waals surface area (Å²) in [6.07, 6.45) is 5.13. The Morgan fingerprint density at radius 2 is 0.882 bits per heavy atom. The van der Waals surface area contributed by atoms with E-state index in [4.69, 9.17) is 91.7 Å². The third kappa shape index (κ3) is 18.8. The van der Waals surface area contributed by atoms with Gasteiger partial charge in [-0.15, -0.1) is 0 Å². The molecule has 68 heavy (non-hydrogen) atoms. The lowest BCUT2D eigenvalue weighted by Crippen LogP contribution is -2.31. The summed E-state index contributed by atoms with van der Waals surface area (Å²) >= 11 is 17.5. The van der Waals surface area contributed by atoms with Crippen LogP contribution in [0.3, 0.4) is 0 Å². The zero-order valence-electron chi connectivity index (χ0n) is 36.8. The summed E-state index contributed by atoms with van der Waals surface area (Å²) in [6.45, 7) is 1.73. The predicted molar refractivity (Wildman–Crippen MR) is 262 cm³/mol. The largest absolute Gasteiger partial charge is 0.452 e. The van der Waals surface area contributed by atoms with E-state index in [2.05, 4.69) is 35.2 Å². The maximum atomic E-state index is 9.33. The highest BCUT2D eigenvalue weighted by atomic mass is 35.5. The van der Waals surface area contributed by atoms with Gasteiger partial charge in [0.2, 0.25) is 17.8 Å². The summed E-state index contributed by atoms with van der Waals surface area (Å²) in [5.74, 6) is 4.62.